The van der Waals surface area contributed by atoms with Gasteiger partial charge in [0, 0.05) is 20.1 Å². The summed E-state index contributed by atoms with van der Waals surface area (Å²) in [5.41, 5.74) is 5.35. The van der Waals surface area contributed by atoms with Crippen molar-refractivity contribution >= 4 is 5.97 Å². The van der Waals surface area contributed by atoms with Gasteiger partial charge in [0.15, 0.2) is 0 Å². The van der Waals surface area contributed by atoms with Crippen LogP contribution in [0.15, 0.2) is 0 Å². The van der Waals surface area contributed by atoms with E-state index in [1.54, 1.807) is 7.11 Å². The van der Waals surface area contributed by atoms with Crippen molar-refractivity contribution in [2.24, 2.45) is 11.7 Å². The Morgan fingerprint density at radius 2 is 2.00 bits per heavy atom. The summed E-state index contributed by atoms with van der Waals surface area (Å²) in [6, 6.07) is 0. The summed E-state index contributed by atoms with van der Waals surface area (Å²) >= 11 is 0. The highest BCUT2D eigenvalue weighted by atomic mass is 16.5. The zero-order chi connectivity index (χ0) is 12.2. The van der Waals surface area contributed by atoms with Gasteiger partial charge in [0.2, 0.25) is 0 Å². The number of nitrogens with two attached hydrogens (primary N) is 1. The zero-order valence-electron chi connectivity index (χ0n) is 10.2. The standard InChI is InChI=1S/C11H23NO4/c1-10(4-5-12)11(13)16-7-3-6-15-9-8-14-2/h10H,3-9,12H2,1-2H3. The smallest absolute Gasteiger partial charge is 0.308 e. The number of rotatable bonds is 10. The van der Waals surface area contributed by atoms with Crippen molar-refractivity contribution in [3.05, 3.63) is 0 Å². The first kappa shape index (κ1) is 15.3. The lowest BCUT2D eigenvalue weighted by molar-refractivity contribution is -0.148. The van der Waals surface area contributed by atoms with Crippen molar-refractivity contribution in [1.82, 2.24) is 0 Å². The molecule has 0 saturated heterocycles. The summed E-state index contributed by atoms with van der Waals surface area (Å²) in [7, 11) is 1.63. The molecular formula is C11H23NO4. The Balaban J connectivity index is 3.27. The van der Waals surface area contributed by atoms with Crippen molar-refractivity contribution in [2.75, 3.05) is 40.1 Å². The molecule has 5 heteroatoms. The minimum atomic E-state index is -0.178. The van der Waals surface area contributed by atoms with E-state index in [4.69, 9.17) is 19.9 Å². The first-order valence-electron chi connectivity index (χ1n) is 5.65. The lowest BCUT2D eigenvalue weighted by Gasteiger charge is -2.10. The quantitative estimate of drug-likeness (QED) is 0.441. The Labute approximate surface area is 97.2 Å². The van der Waals surface area contributed by atoms with Crippen LogP contribution < -0.4 is 5.73 Å². The number of carbonyl (C=O) groups is 1. The Hall–Kier alpha value is -0.650. The number of esters is 1. The summed E-state index contributed by atoms with van der Waals surface area (Å²) in [6.07, 6.45) is 1.38. The van der Waals surface area contributed by atoms with E-state index in [2.05, 4.69) is 0 Å². The molecule has 0 aliphatic rings. The number of carbonyl (C=O) groups excluding carboxylic acids is 1. The molecule has 0 heterocycles. The third-order valence-corrected chi connectivity index (χ3v) is 2.11. The van der Waals surface area contributed by atoms with Crippen molar-refractivity contribution in [3.63, 3.8) is 0 Å². The maximum Gasteiger partial charge on any atom is 0.308 e. The Morgan fingerprint density at radius 3 is 2.62 bits per heavy atom. The van der Waals surface area contributed by atoms with Crippen LogP contribution in [-0.2, 0) is 19.0 Å². The van der Waals surface area contributed by atoms with Crippen LogP contribution in [0.5, 0.6) is 0 Å². The van der Waals surface area contributed by atoms with Gasteiger partial charge in [0.25, 0.3) is 0 Å². The lowest BCUT2D eigenvalue weighted by Crippen LogP contribution is -2.19. The van der Waals surface area contributed by atoms with Gasteiger partial charge in [-0.1, -0.05) is 6.92 Å². The van der Waals surface area contributed by atoms with Gasteiger partial charge in [0.1, 0.15) is 0 Å². The van der Waals surface area contributed by atoms with Gasteiger partial charge in [0.05, 0.1) is 25.7 Å². The minimum absolute atomic E-state index is 0.112. The van der Waals surface area contributed by atoms with Crippen LogP contribution in [0, 0.1) is 5.92 Å². The molecule has 0 aromatic carbocycles. The molecule has 0 aliphatic carbocycles. The van der Waals surface area contributed by atoms with Crippen LogP contribution in [-0.4, -0.2) is 46.1 Å². The average molecular weight is 233 g/mol. The predicted octanol–water partition coefficient (Wildman–Crippen LogP) is 0.568. The first-order chi connectivity index (χ1) is 7.72. The SMILES string of the molecule is COCCOCCCOC(=O)C(C)CCN. The summed E-state index contributed by atoms with van der Waals surface area (Å²) in [5, 5.41) is 0. The van der Waals surface area contributed by atoms with E-state index in [-0.39, 0.29) is 11.9 Å². The van der Waals surface area contributed by atoms with Crippen molar-refractivity contribution < 1.29 is 19.0 Å². The number of hydrogen-bond donors (Lipinski definition) is 1. The van der Waals surface area contributed by atoms with Crippen LogP contribution in [0.25, 0.3) is 0 Å². The van der Waals surface area contributed by atoms with Gasteiger partial charge in [-0.25, -0.2) is 0 Å². The van der Waals surface area contributed by atoms with E-state index in [0.29, 0.717) is 45.8 Å². The molecule has 1 atom stereocenters. The molecule has 0 amide bonds. The van der Waals surface area contributed by atoms with Gasteiger partial charge < -0.3 is 19.9 Å². The van der Waals surface area contributed by atoms with Crippen LogP contribution in [0.1, 0.15) is 19.8 Å². The predicted molar refractivity (Wildman–Crippen MR) is 61.1 cm³/mol. The van der Waals surface area contributed by atoms with Gasteiger partial charge >= 0.3 is 5.97 Å². The number of methoxy groups -OCH3 is 1. The summed E-state index contributed by atoms with van der Waals surface area (Å²) < 4.78 is 15.1. The topological polar surface area (TPSA) is 70.8 Å². The van der Waals surface area contributed by atoms with Crippen LogP contribution in [0.4, 0.5) is 0 Å². The molecule has 0 radical (unpaired) electrons. The second-order valence-electron chi connectivity index (χ2n) is 3.60. The van der Waals surface area contributed by atoms with Gasteiger partial charge in [-0.2, -0.15) is 0 Å². The van der Waals surface area contributed by atoms with Crippen molar-refractivity contribution in [2.45, 2.75) is 19.8 Å². The van der Waals surface area contributed by atoms with E-state index in [1.807, 2.05) is 6.92 Å². The molecule has 2 N–H and O–H groups in total. The molecule has 0 spiro atoms. The molecule has 0 bridgehead atoms. The summed E-state index contributed by atoms with van der Waals surface area (Å²) in [4.78, 5) is 11.3. The van der Waals surface area contributed by atoms with Crippen LogP contribution in [0.3, 0.4) is 0 Å². The van der Waals surface area contributed by atoms with Crippen LogP contribution >= 0.6 is 0 Å². The zero-order valence-corrected chi connectivity index (χ0v) is 10.2. The molecule has 0 aliphatic heterocycles. The first-order valence-corrected chi connectivity index (χ1v) is 5.65. The number of hydrogen-bond acceptors (Lipinski definition) is 5. The summed E-state index contributed by atoms with van der Waals surface area (Å²) in [5.74, 6) is -0.290. The third kappa shape index (κ3) is 8.64. The van der Waals surface area contributed by atoms with Crippen LogP contribution in [0.2, 0.25) is 0 Å². The fourth-order valence-corrected chi connectivity index (χ4v) is 1.09. The molecule has 96 valence electrons. The highest BCUT2D eigenvalue weighted by Gasteiger charge is 2.12. The monoisotopic (exact) mass is 233 g/mol. The minimum Gasteiger partial charge on any atom is -0.465 e. The van der Waals surface area contributed by atoms with Gasteiger partial charge in [-0.15, -0.1) is 0 Å². The maximum atomic E-state index is 11.3. The van der Waals surface area contributed by atoms with Gasteiger partial charge in [-0.3, -0.25) is 4.79 Å². The lowest BCUT2D eigenvalue weighted by atomic mass is 10.1. The van der Waals surface area contributed by atoms with Gasteiger partial charge in [-0.05, 0) is 13.0 Å². The highest BCUT2D eigenvalue weighted by molar-refractivity contribution is 5.71. The molecular weight excluding hydrogens is 210 g/mol. The molecule has 1 unspecified atom stereocenters. The molecule has 0 saturated carbocycles. The second kappa shape index (κ2) is 10.9. The normalized spacial score (nSPS) is 12.4. The fraction of sp³-hybridized carbons (Fsp3) is 0.909. The Bertz CT molecular complexity index is 175. The Morgan fingerprint density at radius 1 is 1.25 bits per heavy atom. The second-order valence-corrected chi connectivity index (χ2v) is 3.60. The molecule has 0 aromatic heterocycles. The molecule has 5 nitrogen and oxygen atoms in total. The highest BCUT2D eigenvalue weighted by Crippen LogP contribution is 2.03. The van der Waals surface area contributed by atoms with Crippen molar-refractivity contribution in [1.29, 1.82) is 0 Å². The van der Waals surface area contributed by atoms with E-state index in [9.17, 15) is 4.79 Å². The fourth-order valence-electron chi connectivity index (χ4n) is 1.09. The largest absolute Gasteiger partial charge is 0.465 e. The van der Waals surface area contributed by atoms with E-state index < -0.39 is 0 Å². The van der Waals surface area contributed by atoms with E-state index in [0.717, 1.165) is 0 Å². The average Bonchev–Trinajstić information content (AvgIpc) is 2.28. The Kier molecular flexibility index (Phi) is 10.4. The maximum absolute atomic E-state index is 11.3. The molecule has 16 heavy (non-hydrogen) atoms. The molecule has 0 aromatic rings. The van der Waals surface area contributed by atoms with Crippen molar-refractivity contribution in [3.8, 4) is 0 Å². The van der Waals surface area contributed by atoms with E-state index >= 15 is 0 Å². The van der Waals surface area contributed by atoms with E-state index in [1.165, 1.54) is 0 Å². The molecule has 0 fully saturated rings. The number of ether oxygens (including phenoxy) is 3. The molecule has 0 rings (SSSR count). The summed E-state index contributed by atoms with van der Waals surface area (Å²) in [6.45, 7) is 4.49. The third-order valence-electron chi connectivity index (χ3n) is 2.11.